The van der Waals surface area contributed by atoms with E-state index in [4.69, 9.17) is 5.11 Å². The van der Waals surface area contributed by atoms with Gasteiger partial charge >= 0.3 is 5.97 Å². The van der Waals surface area contributed by atoms with Crippen molar-refractivity contribution in [3.63, 3.8) is 0 Å². The minimum Gasteiger partial charge on any atom is -0.481 e. The molecule has 1 aliphatic carbocycles. The number of aliphatic hydroxyl groups excluding tert-OH is 2. The molecule has 26 heavy (non-hydrogen) atoms. The average Bonchev–Trinajstić information content (AvgIpc) is 2.84. The van der Waals surface area contributed by atoms with Crippen LogP contribution in [-0.2, 0) is 9.59 Å². The van der Waals surface area contributed by atoms with Crippen LogP contribution in [0, 0.1) is 17.8 Å². The summed E-state index contributed by atoms with van der Waals surface area (Å²) < 4.78 is 0. The molecule has 0 amide bonds. The van der Waals surface area contributed by atoms with E-state index in [1.165, 1.54) is 0 Å². The summed E-state index contributed by atoms with van der Waals surface area (Å²) in [5, 5.41) is 29.3. The maximum atomic E-state index is 12.3. The molecular formula is C21H38O5. The van der Waals surface area contributed by atoms with Crippen molar-refractivity contribution in [2.24, 2.45) is 17.8 Å². The zero-order chi connectivity index (χ0) is 19.5. The van der Waals surface area contributed by atoms with Gasteiger partial charge in [0.1, 0.15) is 5.78 Å². The summed E-state index contributed by atoms with van der Waals surface area (Å²) >= 11 is 0. The standard InChI is InChI=1S/C21H38O5/c1-3-4-7-10-16(22)13-15(2)21-17(18(23)14-19(21)24)11-8-5-6-9-12-20(25)26/h15-17,19,21-22,24H,3-14H2,1-2H3,(H,25,26)/t15?,16-,17?,19?,21+/m0/s1. The molecule has 0 aromatic heterocycles. The second kappa shape index (κ2) is 12.4. The Labute approximate surface area is 158 Å². The van der Waals surface area contributed by atoms with Gasteiger partial charge in [-0.1, -0.05) is 52.4 Å². The first-order chi connectivity index (χ1) is 12.4. The Bertz CT molecular complexity index is 423. The van der Waals surface area contributed by atoms with Crippen molar-refractivity contribution in [1.29, 1.82) is 0 Å². The van der Waals surface area contributed by atoms with Crippen LogP contribution in [-0.4, -0.2) is 39.3 Å². The Kier molecular flexibility index (Phi) is 11.1. The van der Waals surface area contributed by atoms with Crippen molar-refractivity contribution in [1.82, 2.24) is 0 Å². The van der Waals surface area contributed by atoms with Gasteiger partial charge in [0.05, 0.1) is 12.2 Å². The Hall–Kier alpha value is -0.940. The highest BCUT2D eigenvalue weighted by molar-refractivity contribution is 5.84. The molecule has 1 rings (SSSR count). The van der Waals surface area contributed by atoms with Crippen molar-refractivity contribution in [3.05, 3.63) is 0 Å². The molecule has 5 atom stereocenters. The van der Waals surface area contributed by atoms with E-state index in [0.29, 0.717) is 12.8 Å². The molecule has 0 aromatic rings. The first kappa shape index (κ1) is 23.1. The third-order valence-electron chi connectivity index (χ3n) is 5.83. The minimum absolute atomic E-state index is 0.0534. The lowest BCUT2D eigenvalue weighted by Gasteiger charge is -2.29. The van der Waals surface area contributed by atoms with Crippen LogP contribution in [0.25, 0.3) is 0 Å². The molecule has 5 heteroatoms. The second-order valence-electron chi connectivity index (χ2n) is 8.13. The summed E-state index contributed by atoms with van der Waals surface area (Å²) in [6.07, 6.45) is 8.37. The molecule has 1 saturated carbocycles. The van der Waals surface area contributed by atoms with Crippen LogP contribution >= 0.6 is 0 Å². The number of ketones is 1. The third kappa shape index (κ3) is 8.17. The monoisotopic (exact) mass is 370 g/mol. The number of carbonyl (C=O) groups is 2. The summed E-state index contributed by atoms with van der Waals surface area (Å²) in [7, 11) is 0. The van der Waals surface area contributed by atoms with E-state index >= 15 is 0 Å². The lowest BCUT2D eigenvalue weighted by atomic mass is 9.78. The van der Waals surface area contributed by atoms with Crippen LogP contribution in [0.3, 0.4) is 0 Å². The van der Waals surface area contributed by atoms with Gasteiger partial charge in [-0.15, -0.1) is 0 Å². The highest BCUT2D eigenvalue weighted by atomic mass is 16.4. The Morgan fingerprint density at radius 3 is 2.50 bits per heavy atom. The molecule has 5 nitrogen and oxygen atoms in total. The number of hydrogen-bond acceptors (Lipinski definition) is 4. The molecule has 0 aliphatic heterocycles. The SMILES string of the molecule is CCCCC[C@H](O)CC(C)[C@H]1C(O)CC(=O)C1CCCCCCC(=O)O. The molecule has 3 unspecified atom stereocenters. The van der Waals surface area contributed by atoms with Gasteiger partial charge in [-0.2, -0.15) is 0 Å². The van der Waals surface area contributed by atoms with Gasteiger partial charge in [-0.25, -0.2) is 0 Å². The zero-order valence-electron chi connectivity index (χ0n) is 16.5. The van der Waals surface area contributed by atoms with Crippen molar-refractivity contribution in [3.8, 4) is 0 Å². The average molecular weight is 371 g/mol. The fraction of sp³-hybridized carbons (Fsp3) is 0.905. The molecule has 0 heterocycles. The van der Waals surface area contributed by atoms with Gasteiger partial charge in [0.15, 0.2) is 0 Å². The number of aliphatic carboxylic acids is 1. The molecule has 0 radical (unpaired) electrons. The van der Waals surface area contributed by atoms with Gasteiger partial charge < -0.3 is 15.3 Å². The Balaban J connectivity index is 2.42. The molecule has 0 saturated heterocycles. The van der Waals surface area contributed by atoms with Crippen LogP contribution in [0.2, 0.25) is 0 Å². The molecule has 0 spiro atoms. The van der Waals surface area contributed by atoms with Crippen LogP contribution in [0.1, 0.15) is 90.9 Å². The molecule has 0 bridgehead atoms. The van der Waals surface area contributed by atoms with Crippen molar-refractivity contribution >= 4 is 11.8 Å². The number of hydrogen-bond donors (Lipinski definition) is 3. The molecule has 1 fully saturated rings. The van der Waals surface area contributed by atoms with E-state index in [1.54, 1.807) is 0 Å². The van der Waals surface area contributed by atoms with Gasteiger partial charge in [0.25, 0.3) is 0 Å². The minimum atomic E-state index is -0.759. The zero-order valence-corrected chi connectivity index (χ0v) is 16.5. The first-order valence-electron chi connectivity index (χ1n) is 10.5. The Morgan fingerprint density at radius 1 is 1.15 bits per heavy atom. The Morgan fingerprint density at radius 2 is 1.85 bits per heavy atom. The topological polar surface area (TPSA) is 94.8 Å². The largest absolute Gasteiger partial charge is 0.481 e. The summed E-state index contributed by atoms with van der Waals surface area (Å²) in [6.45, 7) is 4.19. The van der Waals surface area contributed by atoms with Crippen LogP contribution in [0.5, 0.6) is 0 Å². The number of aliphatic hydroxyl groups is 2. The molecule has 0 aromatic carbocycles. The number of unbranched alkanes of at least 4 members (excludes halogenated alkanes) is 5. The van der Waals surface area contributed by atoms with Gasteiger partial charge in [-0.3, -0.25) is 9.59 Å². The smallest absolute Gasteiger partial charge is 0.303 e. The van der Waals surface area contributed by atoms with Crippen LogP contribution < -0.4 is 0 Å². The van der Waals surface area contributed by atoms with E-state index in [0.717, 1.165) is 51.4 Å². The summed E-state index contributed by atoms with van der Waals surface area (Å²) in [6, 6.07) is 0. The van der Waals surface area contributed by atoms with Gasteiger partial charge in [-0.05, 0) is 37.5 Å². The third-order valence-corrected chi connectivity index (χ3v) is 5.83. The highest BCUT2D eigenvalue weighted by Crippen LogP contribution is 2.40. The van der Waals surface area contributed by atoms with E-state index in [-0.39, 0.29) is 42.5 Å². The van der Waals surface area contributed by atoms with E-state index in [1.807, 2.05) is 0 Å². The second-order valence-corrected chi connectivity index (χ2v) is 8.13. The van der Waals surface area contributed by atoms with Gasteiger partial charge in [0, 0.05) is 18.8 Å². The summed E-state index contributed by atoms with van der Waals surface area (Å²) in [4.78, 5) is 22.8. The van der Waals surface area contributed by atoms with Crippen molar-refractivity contribution in [2.45, 2.75) is 103 Å². The first-order valence-corrected chi connectivity index (χ1v) is 10.5. The van der Waals surface area contributed by atoms with Crippen LogP contribution in [0.4, 0.5) is 0 Å². The number of rotatable bonds is 14. The van der Waals surface area contributed by atoms with Gasteiger partial charge in [0.2, 0.25) is 0 Å². The number of carboxylic acid groups (broad SMARTS) is 1. The molecule has 1 aliphatic rings. The number of carboxylic acids is 1. The molecular weight excluding hydrogens is 332 g/mol. The maximum absolute atomic E-state index is 12.3. The predicted octanol–water partition coefficient (Wildman–Crippen LogP) is 3.95. The fourth-order valence-electron chi connectivity index (χ4n) is 4.43. The summed E-state index contributed by atoms with van der Waals surface area (Å²) in [5.41, 5.74) is 0. The number of Topliss-reactive ketones (excluding diaryl/α,β-unsaturated/α-hetero) is 1. The predicted molar refractivity (Wildman–Crippen MR) is 102 cm³/mol. The lowest BCUT2D eigenvalue weighted by molar-refractivity contribution is -0.137. The van der Waals surface area contributed by atoms with Crippen molar-refractivity contribution < 1.29 is 24.9 Å². The van der Waals surface area contributed by atoms with Crippen molar-refractivity contribution in [2.75, 3.05) is 0 Å². The maximum Gasteiger partial charge on any atom is 0.303 e. The van der Waals surface area contributed by atoms with Crippen LogP contribution in [0.15, 0.2) is 0 Å². The number of carbonyl (C=O) groups excluding carboxylic acids is 1. The van der Waals surface area contributed by atoms with E-state index < -0.39 is 12.1 Å². The van der Waals surface area contributed by atoms with E-state index in [2.05, 4.69) is 13.8 Å². The molecule has 3 N–H and O–H groups in total. The fourth-order valence-corrected chi connectivity index (χ4v) is 4.43. The van der Waals surface area contributed by atoms with E-state index in [9.17, 15) is 19.8 Å². The quantitative estimate of drug-likeness (QED) is 0.403. The molecule has 152 valence electrons. The summed E-state index contributed by atoms with van der Waals surface area (Å²) in [5.74, 6) is -0.638. The lowest BCUT2D eigenvalue weighted by Crippen LogP contribution is -2.29. The normalized spacial score (nSPS) is 25.4. The highest BCUT2D eigenvalue weighted by Gasteiger charge is 2.43.